The van der Waals surface area contributed by atoms with Crippen LogP contribution in [0.2, 0.25) is 0 Å². The Balaban J connectivity index is 2.03. The first kappa shape index (κ1) is 15.0. The van der Waals surface area contributed by atoms with E-state index in [4.69, 9.17) is 5.73 Å². The molecule has 118 valence electrons. The minimum Gasteiger partial charge on any atom is -0.370 e. The minimum atomic E-state index is -1.16. The molecule has 6 nitrogen and oxygen atoms in total. The van der Waals surface area contributed by atoms with Gasteiger partial charge in [-0.2, -0.15) is 0 Å². The van der Waals surface area contributed by atoms with Crippen molar-refractivity contribution in [3.05, 3.63) is 48.0 Å². The largest absolute Gasteiger partial charge is 0.370 e. The molecule has 0 aromatic heterocycles. The molecule has 0 unspecified atom stereocenters. The number of rotatable bonds is 4. The van der Waals surface area contributed by atoms with E-state index in [0.717, 1.165) is 21.2 Å². The number of fused-ring (bicyclic) bond motifs is 1. The summed E-state index contributed by atoms with van der Waals surface area (Å²) in [6, 6.07) is 12.8. The summed E-state index contributed by atoms with van der Waals surface area (Å²) in [5, 5.41) is 4.64. The zero-order valence-electron chi connectivity index (χ0n) is 12.7. The second kappa shape index (κ2) is 5.39. The van der Waals surface area contributed by atoms with E-state index in [0.29, 0.717) is 0 Å². The van der Waals surface area contributed by atoms with Crippen LogP contribution < -0.4 is 11.1 Å². The summed E-state index contributed by atoms with van der Waals surface area (Å²) < 4.78 is 0. The molecule has 3 rings (SSSR count). The molecule has 3 N–H and O–H groups in total. The molecule has 1 saturated heterocycles. The fraction of sp³-hybridized carbons (Fsp3) is 0.235. The van der Waals surface area contributed by atoms with E-state index in [-0.39, 0.29) is 18.9 Å². The van der Waals surface area contributed by atoms with Gasteiger partial charge in [-0.25, -0.2) is 4.79 Å². The third-order valence-electron chi connectivity index (χ3n) is 4.19. The van der Waals surface area contributed by atoms with Gasteiger partial charge in [0.25, 0.3) is 5.91 Å². The van der Waals surface area contributed by atoms with Gasteiger partial charge in [0.2, 0.25) is 5.91 Å². The zero-order valence-corrected chi connectivity index (χ0v) is 12.7. The fourth-order valence-electron chi connectivity index (χ4n) is 2.97. The Morgan fingerprint density at radius 1 is 1.17 bits per heavy atom. The van der Waals surface area contributed by atoms with Crippen LogP contribution in [-0.4, -0.2) is 29.3 Å². The highest BCUT2D eigenvalue weighted by Gasteiger charge is 2.49. The normalized spacial score (nSPS) is 20.8. The highest BCUT2D eigenvalue weighted by Crippen LogP contribution is 2.33. The summed E-state index contributed by atoms with van der Waals surface area (Å²) in [6.07, 6.45) is -0.0508. The second-order valence-corrected chi connectivity index (χ2v) is 5.75. The van der Waals surface area contributed by atoms with Gasteiger partial charge in [-0.15, -0.1) is 0 Å². The number of carbonyl (C=O) groups excluding carboxylic acids is 3. The standard InChI is InChI=1S/C17H17N3O3/c1-17(13-8-4-6-11-5-2-3-7-12(11)13)15(22)20(16(23)19-17)10-9-14(18)21/h2-8H,9-10H2,1H3,(H2,18,21)(H,19,23)/t17-/m0/s1. The number of primary amides is 1. The molecule has 1 heterocycles. The van der Waals surface area contributed by atoms with Crippen LogP contribution in [0, 0.1) is 0 Å². The van der Waals surface area contributed by atoms with Gasteiger partial charge in [0.1, 0.15) is 5.54 Å². The molecule has 2 aromatic rings. The lowest BCUT2D eigenvalue weighted by molar-refractivity contribution is -0.131. The Morgan fingerprint density at radius 3 is 2.61 bits per heavy atom. The number of nitrogens with zero attached hydrogens (tertiary/aromatic N) is 1. The molecule has 1 aliphatic rings. The van der Waals surface area contributed by atoms with Crippen molar-refractivity contribution in [3.63, 3.8) is 0 Å². The summed E-state index contributed by atoms with van der Waals surface area (Å²) >= 11 is 0. The van der Waals surface area contributed by atoms with Crippen LogP contribution in [0.25, 0.3) is 10.8 Å². The summed E-state index contributed by atoms with van der Waals surface area (Å²) in [7, 11) is 0. The third kappa shape index (κ3) is 2.42. The first-order valence-corrected chi connectivity index (χ1v) is 7.34. The maximum atomic E-state index is 12.8. The van der Waals surface area contributed by atoms with Crippen molar-refractivity contribution in [2.75, 3.05) is 6.54 Å². The average Bonchev–Trinajstić information content (AvgIpc) is 2.75. The van der Waals surface area contributed by atoms with Crippen LogP contribution in [0.15, 0.2) is 42.5 Å². The molecule has 0 saturated carbocycles. The highest BCUT2D eigenvalue weighted by molar-refractivity contribution is 6.09. The van der Waals surface area contributed by atoms with Crippen molar-refractivity contribution in [1.82, 2.24) is 10.2 Å². The minimum absolute atomic E-state index is 0.0135. The van der Waals surface area contributed by atoms with Crippen LogP contribution >= 0.6 is 0 Å². The Bertz CT molecular complexity index is 812. The molecular weight excluding hydrogens is 294 g/mol. The van der Waals surface area contributed by atoms with Gasteiger partial charge in [-0.05, 0) is 23.3 Å². The lowest BCUT2D eigenvalue weighted by Crippen LogP contribution is -2.41. The van der Waals surface area contributed by atoms with Gasteiger partial charge >= 0.3 is 6.03 Å². The molecule has 23 heavy (non-hydrogen) atoms. The van der Waals surface area contributed by atoms with Crippen molar-refractivity contribution in [2.45, 2.75) is 18.9 Å². The lowest BCUT2D eigenvalue weighted by Gasteiger charge is -2.24. The highest BCUT2D eigenvalue weighted by atomic mass is 16.2. The summed E-state index contributed by atoms with van der Waals surface area (Å²) in [5.41, 5.74) is 4.68. The van der Waals surface area contributed by atoms with E-state index in [1.165, 1.54) is 0 Å². The van der Waals surface area contributed by atoms with Gasteiger partial charge in [0, 0.05) is 13.0 Å². The van der Waals surface area contributed by atoms with Crippen LogP contribution in [0.4, 0.5) is 4.79 Å². The van der Waals surface area contributed by atoms with Gasteiger partial charge in [-0.1, -0.05) is 42.5 Å². The Morgan fingerprint density at radius 2 is 1.87 bits per heavy atom. The predicted molar refractivity (Wildman–Crippen MR) is 85.4 cm³/mol. The fourth-order valence-corrected chi connectivity index (χ4v) is 2.97. The van der Waals surface area contributed by atoms with Gasteiger partial charge in [-0.3, -0.25) is 14.5 Å². The Hall–Kier alpha value is -2.89. The van der Waals surface area contributed by atoms with Crippen molar-refractivity contribution >= 4 is 28.6 Å². The Labute approximate surface area is 133 Å². The first-order chi connectivity index (χ1) is 10.9. The predicted octanol–water partition coefficient (Wildman–Crippen LogP) is 1.48. The van der Waals surface area contributed by atoms with Gasteiger partial charge < -0.3 is 11.1 Å². The van der Waals surface area contributed by atoms with Crippen molar-refractivity contribution < 1.29 is 14.4 Å². The molecule has 0 spiro atoms. The third-order valence-corrected chi connectivity index (χ3v) is 4.19. The van der Waals surface area contributed by atoms with Crippen LogP contribution in [-0.2, 0) is 15.1 Å². The summed E-state index contributed by atoms with van der Waals surface area (Å²) in [4.78, 5) is 36.9. The lowest BCUT2D eigenvalue weighted by atomic mass is 9.88. The number of hydrogen-bond donors (Lipinski definition) is 2. The van der Waals surface area contributed by atoms with Crippen LogP contribution in [0.1, 0.15) is 18.9 Å². The van der Waals surface area contributed by atoms with E-state index in [1.54, 1.807) is 6.92 Å². The number of urea groups is 1. The quantitative estimate of drug-likeness (QED) is 0.838. The number of nitrogens with two attached hydrogens (primary N) is 1. The molecule has 1 atom stereocenters. The number of benzene rings is 2. The van der Waals surface area contributed by atoms with E-state index >= 15 is 0 Å². The topological polar surface area (TPSA) is 92.5 Å². The number of carbonyl (C=O) groups is 3. The molecule has 0 bridgehead atoms. The smallest absolute Gasteiger partial charge is 0.325 e. The van der Waals surface area contributed by atoms with Crippen molar-refractivity contribution in [1.29, 1.82) is 0 Å². The maximum absolute atomic E-state index is 12.8. The molecule has 4 amide bonds. The number of imide groups is 1. The molecular formula is C17H17N3O3. The number of nitrogens with one attached hydrogen (secondary N) is 1. The first-order valence-electron chi connectivity index (χ1n) is 7.34. The number of hydrogen-bond acceptors (Lipinski definition) is 3. The zero-order chi connectivity index (χ0) is 16.6. The molecule has 1 fully saturated rings. The molecule has 1 aliphatic heterocycles. The molecule has 0 aliphatic carbocycles. The van der Waals surface area contributed by atoms with E-state index in [9.17, 15) is 14.4 Å². The van der Waals surface area contributed by atoms with E-state index in [2.05, 4.69) is 5.32 Å². The Kier molecular flexibility index (Phi) is 3.52. The van der Waals surface area contributed by atoms with E-state index in [1.807, 2.05) is 42.5 Å². The van der Waals surface area contributed by atoms with Gasteiger partial charge in [0.05, 0.1) is 0 Å². The van der Waals surface area contributed by atoms with Crippen LogP contribution in [0.3, 0.4) is 0 Å². The summed E-state index contributed by atoms with van der Waals surface area (Å²) in [5.74, 6) is -0.926. The maximum Gasteiger partial charge on any atom is 0.325 e. The molecule has 2 aromatic carbocycles. The summed E-state index contributed by atoms with van der Waals surface area (Å²) in [6.45, 7) is 1.67. The van der Waals surface area contributed by atoms with Crippen LogP contribution in [0.5, 0.6) is 0 Å². The van der Waals surface area contributed by atoms with Crippen molar-refractivity contribution in [2.24, 2.45) is 5.73 Å². The van der Waals surface area contributed by atoms with E-state index < -0.39 is 17.5 Å². The number of amides is 4. The average molecular weight is 311 g/mol. The SMILES string of the molecule is C[C@@]1(c2cccc3ccccc23)NC(=O)N(CCC(N)=O)C1=O. The second-order valence-electron chi connectivity index (χ2n) is 5.75. The molecule has 6 heteroatoms. The monoisotopic (exact) mass is 311 g/mol. The van der Waals surface area contributed by atoms with Gasteiger partial charge in [0.15, 0.2) is 0 Å². The molecule has 0 radical (unpaired) electrons. The van der Waals surface area contributed by atoms with Crippen molar-refractivity contribution in [3.8, 4) is 0 Å².